The van der Waals surface area contributed by atoms with E-state index in [1.165, 1.54) is 6.20 Å². The van der Waals surface area contributed by atoms with Crippen molar-refractivity contribution in [1.82, 2.24) is 19.6 Å². The minimum absolute atomic E-state index is 0.190. The van der Waals surface area contributed by atoms with Crippen LogP contribution in [0.2, 0.25) is 0 Å². The lowest BCUT2D eigenvalue weighted by Crippen LogP contribution is -2.29. The van der Waals surface area contributed by atoms with Crippen molar-refractivity contribution >= 4 is 23.3 Å². The highest BCUT2D eigenvalue weighted by molar-refractivity contribution is 6.03. The molecule has 0 atom stereocenters. The molecule has 0 saturated heterocycles. The second-order valence-corrected chi connectivity index (χ2v) is 6.46. The summed E-state index contributed by atoms with van der Waals surface area (Å²) in [5.41, 5.74) is 1.10. The van der Waals surface area contributed by atoms with Crippen LogP contribution in [0.1, 0.15) is 36.0 Å². The van der Waals surface area contributed by atoms with Gasteiger partial charge in [0.25, 0.3) is 5.91 Å². The number of hydrogen-bond donors (Lipinski definition) is 3. The van der Waals surface area contributed by atoms with E-state index in [0.717, 1.165) is 31.5 Å². The molecule has 3 N–H and O–H groups in total. The Kier molecular flexibility index (Phi) is 4.49. The average Bonchev–Trinajstić information content (AvgIpc) is 3.08. The summed E-state index contributed by atoms with van der Waals surface area (Å²) in [6.45, 7) is 0. The molecule has 3 heterocycles. The molecular weight excluding hydrogens is 332 g/mol. The molecule has 3 aromatic heterocycles. The van der Waals surface area contributed by atoms with Gasteiger partial charge in [-0.25, -0.2) is 0 Å². The molecule has 0 bridgehead atoms. The fraction of sp³-hybridized carbons (Fsp3) is 0.333. The first kappa shape index (κ1) is 16.5. The van der Waals surface area contributed by atoms with Gasteiger partial charge < -0.3 is 10.4 Å². The van der Waals surface area contributed by atoms with Crippen molar-refractivity contribution in [3.05, 3.63) is 48.3 Å². The molecule has 3 aromatic rings. The van der Waals surface area contributed by atoms with Gasteiger partial charge in [-0.15, -0.1) is 5.10 Å². The maximum absolute atomic E-state index is 12.2. The van der Waals surface area contributed by atoms with Gasteiger partial charge in [0.05, 0.1) is 11.7 Å². The molecule has 1 amide bonds. The fourth-order valence-electron chi connectivity index (χ4n) is 3.17. The number of anilines is 2. The number of pyridine rings is 2. The zero-order valence-corrected chi connectivity index (χ0v) is 14.2. The predicted molar refractivity (Wildman–Crippen MR) is 97.1 cm³/mol. The molecule has 0 spiro atoms. The zero-order chi connectivity index (χ0) is 17.9. The number of fused-ring (bicyclic) bond motifs is 1. The van der Waals surface area contributed by atoms with E-state index in [-0.39, 0.29) is 18.0 Å². The van der Waals surface area contributed by atoms with Gasteiger partial charge >= 0.3 is 0 Å². The van der Waals surface area contributed by atoms with Crippen LogP contribution in [0.4, 0.5) is 11.8 Å². The van der Waals surface area contributed by atoms with Crippen LogP contribution in [-0.2, 0) is 0 Å². The average molecular weight is 352 g/mol. The Morgan fingerprint density at radius 1 is 1.15 bits per heavy atom. The first-order valence-electron chi connectivity index (χ1n) is 8.71. The van der Waals surface area contributed by atoms with Gasteiger partial charge in [0.2, 0.25) is 5.95 Å². The second kappa shape index (κ2) is 7.09. The van der Waals surface area contributed by atoms with Crippen molar-refractivity contribution in [2.45, 2.75) is 37.8 Å². The molecule has 0 radical (unpaired) electrons. The Labute approximate surface area is 150 Å². The number of carbonyl (C=O) groups is 1. The first-order chi connectivity index (χ1) is 12.7. The van der Waals surface area contributed by atoms with Gasteiger partial charge in [0.1, 0.15) is 5.82 Å². The van der Waals surface area contributed by atoms with Crippen LogP contribution in [0.3, 0.4) is 0 Å². The Hall–Kier alpha value is -3.00. The molecule has 0 aliphatic heterocycles. The van der Waals surface area contributed by atoms with Gasteiger partial charge in [0, 0.05) is 18.4 Å². The topological polar surface area (TPSA) is 104 Å². The maximum Gasteiger partial charge on any atom is 0.259 e. The number of rotatable bonds is 4. The molecule has 0 unspecified atom stereocenters. The molecule has 1 aliphatic carbocycles. The number of nitrogens with zero attached hydrogens (tertiary/aromatic N) is 4. The highest BCUT2D eigenvalue weighted by Gasteiger charge is 2.20. The molecule has 1 fully saturated rings. The van der Waals surface area contributed by atoms with E-state index in [1.807, 2.05) is 18.2 Å². The zero-order valence-electron chi connectivity index (χ0n) is 14.2. The summed E-state index contributed by atoms with van der Waals surface area (Å²) in [5.74, 6) is 0.759. The van der Waals surface area contributed by atoms with Gasteiger partial charge in [0.15, 0.2) is 5.65 Å². The van der Waals surface area contributed by atoms with Crippen LogP contribution in [0.15, 0.2) is 42.7 Å². The molecule has 8 heteroatoms. The largest absolute Gasteiger partial charge is 0.393 e. The van der Waals surface area contributed by atoms with Gasteiger partial charge in [-0.1, -0.05) is 6.07 Å². The van der Waals surface area contributed by atoms with Crippen molar-refractivity contribution in [2.24, 2.45) is 0 Å². The Bertz CT molecular complexity index is 902. The Morgan fingerprint density at radius 2 is 2.00 bits per heavy atom. The Morgan fingerprint density at radius 3 is 2.77 bits per heavy atom. The Balaban J connectivity index is 1.53. The summed E-state index contributed by atoms with van der Waals surface area (Å²) in [6, 6.07) is 9.35. The quantitative estimate of drug-likeness (QED) is 0.664. The van der Waals surface area contributed by atoms with Gasteiger partial charge in [-0.3, -0.25) is 15.1 Å². The van der Waals surface area contributed by atoms with Crippen molar-refractivity contribution < 1.29 is 9.90 Å². The number of aromatic nitrogens is 4. The molecule has 1 aliphatic rings. The SMILES string of the molecule is O=C(Nc1nc2cccc(NC3CCC(O)CC3)n2n1)c1cccnc1. The van der Waals surface area contributed by atoms with Crippen molar-refractivity contribution in [3.63, 3.8) is 0 Å². The molecule has 0 aromatic carbocycles. The standard InChI is InChI=1S/C18H20N6O2/c25-14-8-6-13(7-9-14)20-15-4-1-5-16-21-18(23-24(15)16)22-17(26)12-3-2-10-19-11-12/h1-5,10-11,13-14,20,25H,6-9H2,(H,22,23,26). The van der Waals surface area contributed by atoms with Gasteiger partial charge in [-0.2, -0.15) is 9.50 Å². The van der Waals surface area contributed by atoms with Crippen LogP contribution in [0.5, 0.6) is 0 Å². The third-order valence-electron chi connectivity index (χ3n) is 4.56. The number of amides is 1. The van der Waals surface area contributed by atoms with Crippen LogP contribution >= 0.6 is 0 Å². The van der Waals surface area contributed by atoms with Gasteiger partial charge in [-0.05, 0) is 49.9 Å². The van der Waals surface area contributed by atoms with E-state index in [2.05, 4.69) is 25.7 Å². The summed E-state index contributed by atoms with van der Waals surface area (Å²) >= 11 is 0. The maximum atomic E-state index is 12.2. The number of aliphatic hydroxyl groups excluding tert-OH is 1. The van der Waals surface area contributed by atoms with E-state index in [0.29, 0.717) is 17.3 Å². The van der Waals surface area contributed by atoms with Crippen LogP contribution in [-0.4, -0.2) is 42.7 Å². The van der Waals surface area contributed by atoms with Crippen molar-refractivity contribution in [1.29, 1.82) is 0 Å². The highest BCUT2D eigenvalue weighted by atomic mass is 16.3. The molecule has 1 saturated carbocycles. The summed E-state index contributed by atoms with van der Waals surface area (Å²) < 4.78 is 1.68. The summed E-state index contributed by atoms with van der Waals surface area (Å²) in [4.78, 5) is 20.5. The lowest BCUT2D eigenvalue weighted by molar-refractivity contribution is 0.102. The number of hydrogen-bond acceptors (Lipinski definition) is 6. The molecule has 134 valence electrons. The van der Waals surface area contributed by atoms with Crippen molar-refractivity contribution in [2.75, 3.05) is 10.6 Å². The van der Waals surface area contributed by atoms with E-state index < -0.39 is 0 Å². The van der Waals surface area contributed by atoms with E-state index in [1.54, 1.807) is 22.8 Å². The molecule has 26 heavy (non-hydrogen) atoms. The molecular formula is C18H20N6O2. The van der Waals surface area contributed by atoms with Crippen LogP contribution in [0, 0.1) is 0 Å². The van der Waals surface area contributed by atoms with Crippen LogP contribution in [0.25, 0.3) is 5.65 Å². The lowest BCUT2D eigenvalue weighted by atomic mass is 9.93. The lowest BCUT2D eigenvalue weighted by Gasteiger charge is -2.26. The van der Waals surface area contributed by atoms with E-state index in [4.69, 9.17) is 0 Å². The summed E-state index contributed by atoms with van der Waals surface area (Å²) in [5, 5.41) is 20.2. The van der Waals surface area contributed by atoms with Crippen molar-refractivity contribution in [3.8, 4) is 0 Å². The number of nitrogens with one attached hydrogen (secondary N) is 2. The third kappa shape index (κ3) is 3.50. The normalized spacial score (nSPS) is 20.0. The molecule has 4 rings (SSSR count). The summed E-state index contributed by atoms with van der Waals surface area (Å²) in [6.07, 6.45) is 6.35. The number of carbonyl (C=O) groups excluding carboxylic acids is 1. The van der Waals surface area contributed by atoms with Crippen LogP contribution < -0.4 is 10.6 Å². The smallest absolute Gasteiger partial charge is 0.259 e. The second-order valence-electron chi connectivity index (χ2n) is 6.46. The fourth-order valence-corrected chi connectivity index (χ4v) is 3.17. The number of aliphatic hydroxyl groups is 1. The monoisotopic (exact) mass is 352 g/mol. The predicted octanol–water partition coefficient (Wildman–Crippen LogP) is 2.09. The minimum atomic E-state index is -0.301. The minimum Gasteiger partial charge on any atom is -0.393 e. The third-order valence-corrected chi connectivity index (χ3v) is 4.56. The highest BCUT2D eigenvalue weighted by Crippen LogP contribution is 2.22. The van der Waals surface area contributed by atoms with E-state index >= 15 is 0 Å². The first-order valence-corrected chi connectivity index (χ1v) is 8.71. The molecule has 8 nitrogen and oxygen atoms in total. The van der Waals surface area contributed by atoms with E-state index in [9.17, 15) is 9.90 Å². The summed E-state index contributed by atoms with van der Waals surface area (Å²) in [7, 11) is 0.